The van der Waals surface area contributed by atoms with Crippen molar-refractivity contribution in [3.05, 3.63) is 29.8 Å². The average Bonchev–Trinajstić information content (AvgIpc) is 2.82. The zero-order chi connectivity index (χ0) is 12.4. The molecule has 0 radical (unpaired) electrons. The van der Waals surface area contributed by atoms with E-state index in [1.54, 1.807) is 0 Å². The number of rotatable bonds is 3. The summed E-state index contributed by atoms with van der Waals surface area (Å²) >= 11 is 0. The molecule has 0 spiro atoms. The molecule has 1 heterocycles. The number of benzene rings is 1. The van der Waals surface area contributed by atoms with E-state index in [1.807, 2.05) is 0 Å². The summed E-state index contributed by atoms with van der Waals surface area (Å²) < 4.78 is 0. The molecule has 1 aromatic rings. The van der Waals surface area contributed by atoms with Crippen molar-refractivity contribution in [2.75, 3.05) is 18.4 Å². The summed E-state index contributed by atoms with van der Waals surface area (Å²) in [4.78, 5) is 0. The number of fused-ring (bicyclic) bond motifs is 1. The molecule has 0 bridgehead atoms. The number of hydrogen-bond acceptors (Lipinski definition) is 2. The summed E-state index contributed by atoms with van der Waals surface area (Å²) in [6.07, 6.45) is 5.37. The third kappa shape index (κ3) is 2.69. The number of anilines is 1. The van der Waals surface area contributed by atoms with Gasteiger partial charge < -0.3 is 10.6 Å². The zero-order valence-corrected chi connectivity index (χ0v) is 11.3. The average molecular weight is 244 g/mol. The first kappa shape index (κ1) is 12.0. The van der Waals surface area contributed by atoms with Crippen LogP contribution in [-0.2, 0) is 6.42 Å². The van der Waals surface area contributed by atoms with Gasteiger partial charge in [-0.2, -0.15) is 0 Å². The SMILES string of the molecule is CC1CCC(NCC2CNc3ccccc3C2)C1. The van der Waals surface area contributed by atoms with Crippen LogP contribution in [-0.4, -0.2) is 19.1 Å². The van der Waals surface area contributed by atoms with Gasteiger partial charge in [0.25, 0.3) is 0 Å². The minimum atomic E-state index is 0.746. The first-order valence-electron chi connectivity index (χ1n) is 7.36. The molecule has 1 fully saturated rings. The molecule has 0 amide bonds. The fourth-order valence-corrected chi connectivity index (χ4v) is 3.38. The van der Waals surface area contributed by atoms with Gasteiger partial charge in [-0.3, -0.25) is 0 Å². The van der Waals surface area contributed by atoms with Crippen LogP contribution in [0.3, 0.4) is 0 Å². The molecule has 0 aromatic heterocycles. The smallest absolute Gasteiger partial charge is 0.0372 e. The first-order chi connectivity index (χ1) is 8.81. The van der Waals surface area contributed by atoms with Gasteiger partial charge in [0.05, 0.1) is 0 Å². The highest BCUT2D eigenvalue weighted by atomic mass is 15.0. The van der Waals surface area contributed by atoms with Gasteiger partial charge in [0, 0.05) is 24.8 Å². The van der Waals surface area contributed by atoms with Crippen LogP contribution in [0.2, 0.25) is 0 Å². The largest absolute Gasteiger partial charge is 0.384 e. The van der Waals surface area contributed by atoms with Crippen molar-refractivity contribution in [2.45, 2.75) is 38.6 Å². The monoisotopic (exact) mass is 244 g/mol. The Morgan fingerprint density at radius 3 is 3.00 bits per heavy atom. The molecular formula is C16H24N2. The van der Waals surface area contributed by atoms with E-state index < -0.39 is 0 Å². The Hall–Kier alpha value is -1.02. The lowest BCUT2D eigenvalue weighted by atomic mass is 9.93. The number of para-hydroxylation sites is 1. The predicted molar refractivity (Wildman–Crippen MR) is 76.9 cm³/mol. The quantitative estimate of drug-likeness (QED) is 0.854. The second-order valence-corrected chi connectivity index (χ2v) is 6.13. The summed E-state index contributed by atoms with van der Waals surface area (Å²) in [6, 6.07) is 9.49. The van der Waals surface area contributed by atoms with Gasteiger partial charge in [0.2, 0.25) is 0 Å². The Bertz CT molecular complexity index is 402. The fourth-order valence-electron chi connectivity index (χ4n) is 3.38. The summed E-state index contributed by atoms with van der Waals surface area (Å²) in [5, 5.41) is 7.33. The van der Waals surface area contributed by atoms with Crippen LogP contribution in [0.25, 0.3) is 0 Å². The van der Waals surface area contributed by atoms with Gasteiger partial charge >= 0.3 is 0 Å². The highest BCUT2D eigenvalue weighted by Gasteiger charge is 2.23. The maximum Gasteiger partial charge on any atom is 0.0372 e. The zero-order valence-electron chi connectivity index (χ0n) is 11.3. The lowest BCUT2D eigenvalue weighted by molar-refractivity contribution is 0.425. The van der Waals surface area contributed by atoms with Crippen molar-refractivity contribution in [2.24, 2.45) is 11.8 Å². The molecule has 1 saturated carbocycles. The van der Waals surface area contributed by atoms with Gasteiger partial charge in [0.15, 0.2) is 0 Å². The van der Waals surface area contributed by atoms with Gasteiger partial charge in [-0.1, -0.05) is 25.1 Å². The second-order valence-electron chi connectivity index (χ2n) is 6.13. The first-order valence-corrected chi connectivity index (χ1v) is 7.36. The molecule has 1 aromatic carbocycles. The standard InChI is InChI=1S/C16H24N2/c1-12-6-7-15(8-12)17-10-13-9-14-4-2-3-5-16(14)18-11-13/h2-5,12-13,15,17-18H,6-11H2,1H3. The molecule has 2 N–H and O–H groups in total. The van der Waals surface area contributed by atoms with Crippen molar-refractivity contribution >= 4 is 5.69 Å². The van der Waals surface area contributed by atoms with E-state index >= 15 is 0 Å². The summed E-state index contributed by atoms with van der Waals surface area (Å²) in [5.41, 5.74) is 2.82. The predicted octanol–water partition coefficient (Wildman–Crippen LogP) is 3.05. The third-order valence-corrected chi connectivity index (χ3v) is 4.50. The molecule has 2 nitrogen and oxygen atoms in total. The Labute approximate surface area is 110 Å². The lowest BCUT2D eigenvalue weighted by Gasteiger charge is -2.27. The maximum atomic E-state index is 3.77. The Kier molecular flexibility index (Phi) is 3.55. The Morgan fingerprint density at radius 2 is 2.17 bits per heavy atom. The molecule has 0 saturated heterocycles. The number of hydrogen-bond donors (Lipinski definition) is 2. The molecule has 1 aliphatic carbocycles. The second kappa shape index (κ2) is 5.31. The van der Waals surface area contributed by atoms with Crippen molar-refractivity contribution < 1.29 is 0 Å². The van der Waals surface area contributed by atoms with E-state index in [2.05, 4.69) is 41.8 Å². The highest BCUT2D eigenvalue weighted by Crippen LogP contribution is 2.26. The van der Waals surface area contributed by atoms with Gasteiger partial charge in [-0.05, 0) is 49.1 Å². The third-order valence-electron chi connectivity index (χ3n) is 4.50. The topological polar surface area (TPSA) is 24.1 Å². The summed E-state index contributed by atoms with van der Waals surface area (Å²) in [5.74, 6) is 1.67. The molecule has 18 heavy (non-hydrogen) atoms. The molecule has 1 aliphatic heterocycles. The molecule has 3 rings (SSSR count). The van der Waals surface area contributed by atoms with Crippen LogP contribution in [0.4, 0.5) is 5.69 Å². The van der Waals surface area contributed by atoms with Crippen LogP contribution in [0.15, 0.2) is 24.3 Å². The van der Waals surface area contributed by atoms with Crippen molar-refractivity contribution in [3.8, 4) is 0 Å². The van der Waals surface area contributed by atoms with E-state index in [4.69, 9.17) is 0 Å². The van der Waals surface area contributed by atoms with Gasteiger partial charge in [0.1, 0.15) is 0 Å². The molecule has 3 unspecified atom stereocenters. The summed E-state index contributed by atoms with van der Waals surface area (Å²) in [6.45, 7) is 4.66. The van der Waals surface area contributed by atoms with Crippen molar-refractivity contribution in [3.63, 3.8) is 0 Å². The van der Waals surface area contributed by atoms with E-state index in [0.29, 0.717) is 0 Å². The van der Waals surface area contributed by atoms with Crippen LogP contribution in [0.5, 0.6) is 0 Å². The van der Waals surface area contributed by atoms with E-state index in [9.17, 15) is 0 Å². The minimum absolute atomic E-state index is 0.746. The van der Waals surface area contributed by atoms with Gasteiger partial charge in [-0.15, -0.1) is 0 Å². The van der Waals surface area contributed by atoms with Crippen molar-refractivity contribution in [1.82, 2.24) is 5.32 Å². The van der Waals surface area contributed by atoms with E-state index in [1.165, 1.54) is 43.5 Å². The van der Waals surface area contributed by atoms with Crippen LogP contribution >= 0.6 is 0 Å². The Morgan fingerprint density at radius 1 is 1.28 bits per heavy atom. The van der Waals surface area contributed by atoms with E-state index in [-0.39, 0.29) is 0 Å². The summed E-state index contributed by atoms with van der Waals surface area (Å²) in [7, 11) is 0. The molecule has 3 atom stereocenters. The minimum Gasteiger partial charge on any atom is -0.384 e. The fraction of sp³-hybridized carbons (Fsp3) is 0.625. The van der Waals surface area contributed by atoms with Crippen LogP contribution < -0.4 is 10.6 Å². The molecule has 98 valence electrons. The van der Waals surface area contributed by atoms with Crippen LogP contribution in [0, 0.1) is 11.8 Å². The van der Waals surface area contributed by atoms with Crippen molar-refractivity contribution in [1.29, 1.82) is 0 Å². The van der Waals surface area contributed by atoms with Gasteiger partial charge in [-0.25, -0.2) is 0 Å². The normalized spacial score (nSPS) is 30.8. The lowest BCUT2D eigenvalue weighted by Crippen LogP contribution is -2.36. The number of nitrogens with one attached hydrogen (secondary N) is 2. The van der Waals surface area contributed by atoms with E-state index in [0.717, 1.165) is 24.4 Å². The molecule has 2 heteroatoms. The molecule has 2 aliphatic rings. The highest BCUT2D eigenvalue weighted by molar-refractivity contribution is 5.53. The Balaban J connectivity index is 1.51. The maximum absolute atomic E-state index is 3.77. The van der Waals surface area contributed by atoms with Crippen LogP contribution in [0.1, 0.15) is 31.7 Å². The molecular weight excluding hydrogens is 220 g/mol.